The zero-order valence-corrected chi connectivity index (χ0v) is 7.06. The minimum Gasteiger partial charge on any atom is -0.465 e. The largest absolute Gasteiger partial charge is 0.465 e. The molecule has 1 rings (SSSR count). The molecular weight excluding hydrogens is 172 g/mol. The zero-order chi connectivity index (χ0) is 9.84. The standard InChI is InChI=1S/C8H10N2O3/c9-4-3-7(11)6-2-1-5-10(6)8(12)13/h6H,1-3,5H2,(H,12,13)/t6-/m0/s1. The van der Waals surface area contributed by atoms with Crippen LogP contribution < -0.4 is 0 Å². The second-order valence-corrected chi connectivity index (χ2v) is 2.94. The highest BCUT2D eigenvalue weighted by molar-refractivity contribution is 5.88. The van der Waals surface area contributed by atoms with Gasteiger partial charge in [0.05, 0.1) is 18.5 Å². The zero-order valence-electron chi connectivity index (χ0n) is 7.06. The molecule has 0 bridgehead atoms. The van der Waals surface area contributed by atoms with E-state index in [4.69, 9.17) is 10.4 Å². The van der Waals surface area contributed by atoms with Crippen LogP contribution in [0.2, 0.25) is 0 Å². The maximum absolute atomic E-state index is 11.2. The van der Waals surface area contributed by atoms with Gasteiger partial charge in [0.1, 0.15) is 0 Å². The van der Waals surface area contributed by atoms with Crippen LogP contribution >= 0.6 is 0 Å². The Labute approximate surface area is 75.6 Å². The van der Waals surface area contributed by atoms with Crippen molar-refractivity contribution >= 4 is 11.9 Å². The molecule has 0 aliphatic carbocycles. The summed E-state index contributed by atoms with van der Waals surface area (Å²) in [7, 11) is 0. The smallest absolute Gasteiger partial charge is 0.407 e. The molecule has 1 amide bonds. The molecule has 1 atom stereocenters. The Balaban J connectivity index is 2.64. The topological polar surface area (TPSA) is 81.4 Å². The number of rotatable bonds is 2. The first-order chi connectivity index (χ1) is 6.16. The van der Waals surface area contributed by atoms with Crippen LogP contribution in [0, 0.1) is 11.3 Å². The predicted molar refractivity (Wildman–Crippen MR) is 43.0 cm³/mol. The van der Waals surface area contributed by atoms with Gasteiger partial charge in [0.25, 0.3) is 0 Å². The quantitative estimate of drug-likeness (QED) is 0.678. The lowest BCUT2D eigenvalue weighted by molar-refractivity contribution is -0.121. The number of nitrogens with zero attached hydrogens (tertiary/aromatic N) is 2. The molecule has 1 heterocycles. The van der Waals surface area contributed by atoms with Crippen LogP contribution in [-0.4, -0.2) is 34.5 Å². The molecule has 0 unspecified atom stereocenters. The van der Waals surface area contributed by atoms with Crippen LogP contribution in [0.3, 0.4) is 0 Å². The average Bonchev–Trinajstić information content (AvgIpc) is 2.52. The van der Waals surface area contributed by atoms with Gasteiger partial charge in [-0.1, -0.05) is 0 Å². The number of Topliss-reactive ketones (excluding diaryl/α,β-unsaturated/α-hetero) is 1. The molecular formula is C8H10N2O3. The third kappa shape index (κ3) is 1.96. The van der Waals surface area contributed by atoms with Crippen LogP contribution in [0.1, 0.15) is 19.3 Å². The average molecular weight is 182 g/mol. The van der Waals surface area contributed by atoms with Crippen molar-refractivity contribution < 1.29 is 14.7 Å². The number of hydrogen-bond donors (Lipinski definition) is 1. The Morgan fingerprint density at radius 3 is 2.85 bits per heavy atom. The minimum absolute atomic E-state index is 0.200. The van der Waals surface area contributed by atoms with Crippen molar-refractivity contribution in [2.24, 2.45) is 0 Å². The molecule has 1 aliphatic heterocycles. The van der Waals surface area contributed by atoms with Crippen LogP contribution in [0.4, 0.5) is 4.79 Å². The lowest BCUT2D eigenvalue weighted by atomic mass is 10.1. The summed E-state index contributed by atoms with van der Waals surface area (Å²) in [6.45, 7) is 0.400. The normalized spacial score (nSPS) is 21.2. The van der Waals surface area contributed by atoms with E-state index in [1.54, 1.807) is 6.07 Å². The first kappa shape index (κ1) is 9.52. The van der Waals surface area contributed by atoms with E-state index in [0.717, 1.165) is 4.90 Å². The monoisotopic (exact) mass is 182 g/mol. The van der Waals surface area contributed by atoms with Gasteiger partial charge < -0.3 is 5.11 Å². The summed E-state index contributed by atoms with van der Waals surface area (Å²) >= 11 is 0. The Morgan fingerprint density at radius 1 is 1.62 bits per heavy atom. The summed E-state index contributed by atoms with van der Waals surface area (Å²) in [4.78, 5) is 23.0. The summed E-state index contributed by atoms with van der Waals surface area (Å²) in [6, 6.07) is 1.15. The maximum atomic E-state index is 11.2. The van der Waals surface area contributed by atoms with Gasteiger partial charge in [0.2, 0.25) is 0 Å². The molecule has 0 spiro atoms. The molecule has 0 aromatic carbocycles. The van der Waals surface area contributed by atoms with E-state index in [1.807, 2.05) is 0 Å². The highest BCUT2D eigenvalue weighted by atomic mass is 16.4. The van der Waals surface area contributed by atoms with Gasteiger partial charge in [-0.05, 0) is 12.8 Å². The summed E-state index contributed by atoms with van der Waals surface area (Å²) < 4.78 is 0. The van der Waals surface area contributed by atoms with E-state index in [-0.39, 0.29) is 12.2 Å². The van der Waals surface area contributed by atoms with Crippen LogP contribution in [0.5, 0.6) is 0 Å². The summed E-state index contributed by atoms with van der Waals surface area (Å²) in [5.74, 6) is -0.289. The molecule has 0 aromatic rings. The number of likely N-dealkylation sites (tertiary alicyclic amines) is 1. The molecule has 1 fully saturated rings. The van der Waals surface area contributed by atoms with Crippen molar-refractivity contribution in [1.82, 2.24) is 4.90 Å². The first-order valence-corrected chi connectivity index (χ1v) is 4.06. The maximum Gasteiger partial charge on any atom is 0.407 e. The van der Waals surface area contributed by atoms with E-state index in [2.05, 4.69) is 0 Å². The molecule has 1 saturated heterocycles. The van der Waals surface area contributed by atoms with Gasteiger partial charge in [-0.2, -0.15) is 5.26 Å². The molecule has 0 radical (unpaired) electrons. The lowest BCUT2D eigenvalue weighted by Crippen LogP contribution is -2.39. The fourth-order valence-electron chi connectivity index (χ4n) is 1.53. The van der Waals surface area contributed by atoms with Crippen LogP contribution in [0.15, 0.2) is 0 Å². The van der Waals surface area contributed by atoms with Gasteiger partial charge in [-0.3, -0.25) is 9.69 Å². The number of hydrogen-bond acceptors (Lipinski definition) is 3. The number of amides is 1. The number of ketones is 1. The van der Waals surface area contributed by atoms with Gasteiger partial charge >= 0.3 is 6.09 Å². The van der Waals surface area contributed by atoms with E-state index in [1.165, 1.54) is 0 Å². The second-order valence-electron chi connectivity index (χ2n) is 2.94. The van der Waals surface area contributed by atoms with Gasteiger partial charge in [0, 0.05) is 6.54 Å². The SMILES string of the molecule is N#CCC(=O)[C@@H]1CCCN1C(=O)O. The van der Waals surface area contributed by atoms with E-state index >= 15 is 0 Å². The van der Waals surface area contributed by atoms with Crippen molar-refractivity contribution in [2.45, 2.75) is 25.3 Å². The van der Waals surface area contributed by atoms with Crippen molar-refractivity contribution in [3.8, 4) is 6.07 Å². The van der Waals surface area contributed by atoms with E-state index < -0.39 is 12.1 Å². The number of carbonyl (C=O) groups is 2. The Kier molecular flexibility index (Phi) is 2.85. The van der Waals surface area contributed by atoms with Crippen molar-refractivity contribution in [1.29, 1.82) is 5.26 Å². The Morgan fingerprint density at radius 2 is 2.31 bits per heavy atom. The lowest BCUT2D eigenvalue weighted by Gasteiger charge is -2.18. The summed E-state index contributed by atoms with van der Waals surface area (Å²) in [5.41, 5.74) is 0. The second kappa shape index (κ2) is 3.90. The number of carboxylic acid groups (broad SMARTS) is 1. The molecule has 70 valence electrons. The molecule has 0 saturated carbocycles. The molecule has 1 N–H and O–H groups in total. The van der Waals surface area contributed by atoms with Crippen LogP contribution in [0.25, 0.3) is 0 Å². The molecule has 1 aliphatic rings. The molecule has 0 aromatic heterocycles. The van der Waals surface area contributed by atoms with Crippen LogP contribution in [-0.2, 0) is 4.79 Å². The fourth-order valence-corrected chi connectivity index (χ4v) is 1.53. The highest BCUT2D eigenvalue weighted by Crippen LogP contribution is 2.18. The number of carbonyl (C=O) groups excluding carboxylic acids is 1. The minimum atomic E-state index is -1.08. The summed E-state index contributed by atoms with van der Waals surface area (Å²) in [5, 5.41) is 17.0. The van der Waals surface area contributed by atoms with E-state index in [0.29, 0.717) is 19.4 Å². The van der Waals surface area contributed by atoms with Crippen molar-refractivity contribution in [3.63, 3.8) is 0 Å². The Bertz CT molecular complexity index is 269. The number of nitriles is 1. The highest BCUT2D eigenvalue weighted by Gasteiger charge is 2.33. The third-order valence-corrected chi connectivity index (χ3v) is 2.12. The van der Waals surface area contributed by atoms with Gasteiger partial charge in [0.15, 0.2) is 5.78 Å². The molecule has 13 heavy (non-hydrogen) atoms. The van der Waals surface area contributed by atoms with Gasteiger partial charge in [-0.25, -0.2) is 4.79 Å². The molecule has 5 heteroatoms. The first-order valence-electron chi connectivity index (χ1n) is 4.06. The third-order valence-electron chi connectivity index (χ3n) is 2.12. The molecule has 5 nitrogen and oxygen atoms in total. The van der Waals surface area contributed by atoms with Gasteiger partial charge in [-0.15, -0.1) is 0 Å². The Hall–Kier alpha value is -1.57. The van der Waals surface area contributed by atoms with Crippen molar-refractivity contribution in [3.05, 3.63) is 0 Å². The summed E-state index contributed by atoms with van der Waals surface area (Å²) in [6.07, 6.45) is -0.0242. The van der Waals surface area contributed by atoms with E-state index in [9.17, 15) is 9.59 Å². The van der Waals surface area contributed by atoms with Crippen molar-refractivity contribution in [2.75, 3.05) is 6.54 Å². The predicted octanol–water partition coefficient (Wildman–Crippen LogP) is 0.612. The fraction of sp³-hybridized carbons (Fsp3) is 0.625.